The van der Waals surface area contributed by atoms with Gasteiger partial charge in [-0.25, -0.2) is 4.79 Å². The standard InChI is InChI=1S/C27H23NO7/c1-15-7-9-16(10-8-15)24(29)22-23(17-11-12-20(34-2)21(14-17)35-3)28(26(31)25(22)30)19-6-4-5-18(13-19)27(32)33/h4-14,23,29H,1-3H3,(H,32,33)/t23-/m0/s1. The molecule has 1 fully saturated rings. The van der Waals surface area contributed by atoms with E-state index in [9.17, 15) is 24.6 Å². The van der Waals surface area contributed by atoms with Gasteiger partial charge >= 0.3 is 5.97 Å². The SMILES string of the molecule is COc1ccc([C@H]2C(=C(O)c3ccc(C)cc3)C(=O)C(=O)N2c2cccc(C(=O)O)c2)cc1OC. The fraction of sp³-hybridized carbons (Fsp3) is 0.148. The van der Waals surface area contributed by atoms with Crippen LogP contribution >= 0.6 is 0 Å². The Balaban J connectivity index is 1.98. The second-order valence-corrected chi connectivity index (χ2v) is 8.01. The lowest BCUT2D eigenvalue weighted by Crippen LogP contribution is -2.29. The summed E-state index contributed by atoms with van der Waals surface area (Å²) < 4.78 is 10.7. The maximum atomic E-state index is 13.3. The molecule has 8 nitrogen and oxygen atoms in total. The molecule has 1 aliphatic heterocycles. The van der Waals surface area contributed by atoms with Crippen LogP contribution in [0.15, 0.2) is 72.3 Å². The quantitative estimate of drug-likeness (QED) is 0.311. The van der Waals surface area contributed by atoms with Crippen molar-refractivity contribution in [1.82, 2.24) is 0 Å². The molecule has 0 unspecified atom stereocenters. The van der Waals surface area contributed by atoms with Crippen molar-refractivity contribution in [1.29, 1.82) is 0 Å². The number of methoxy groups -OCH3 is 2. The van der Waals surface area contributed by atoms with Gasteiger partial charge in [0.1, 0.15) is 5.76 Å². The molecule has 0 bridgehead atoms. The number of carbonyl (C=O) groups excluding carboxylic acids is 2. The van der Waals surface area contributed by atoms with E-state index in [-0.39, 0.29) is 22.6 Å². The number of aromatic carboxylic acids is 1. The molecule has 1 saturated heterocycles. The van der Waals surface area contributed by atoms with Gasteiger partial charge in [-0.1, -0.05) is 42.0 Å². The lowest BCUT2D eigenvalue weighted by atomic mass is 9.94. The van der Waals surface area contributed by atoms with Crippen LogP contribution in [-0.2, 0) is 9.59 Å². The highest BCUT2D eigenvalue weighted by Gasteiger charge is 2.47. The van der Waals surface area contributed by atoms with Gasteiger partial charge in [0.2, 0.25) is 0 Å². The molecule has 35 heavy (non-hydrogen) atoms. The molecule has 1 aliphatic rings. The Morgan fingerprint density at radius 1 is 0.857 bits per heavy atom. The normalized spacial score (nSPS) is 16.9. The summed E-state index contributed by atoms with van der Waals surface area (Å²) in [7, 11) is 2.94. The average Bonchev–Trinajstić information content (AvgIpc) is 3.13. The smallest absolute Gasteiger partial charge is 0.335 e. The van der Waals surface area contributed by atoms with Gasteiger partial charge in [-0.05, 0) is 42.8 Å². The Morgan fingerprint density at radius 2 is 1.54 bits per heavy atom. The predicted octanol–water partition coefficient (Wildman–Crippen LogP) is 4.34. The lowest BCUT2D eigenvalue weighted by molar-refractivity contribution is -0.132. The van der Waals surface area contributed by atoms with Crippen LogP contribution in [0.1, 0.15) is 33.1 Å². The summed E-state index contributed by atoms with van der Waals surface area (Å²) >= 11 is 0. The number of aliphatic hydroxyl groups is 1. The third-order valence-electron chi connectivity index (χ3n) is 5.86. The zero-order valence-corrected chi connectivity index (χ0v) is 19.3. The van der Waals surface area contributed by atoms with E-state index in [1.165, 1.54) is 43.4 Å². The minimum Gasteiger partial charge on any atom is -0.507 e. The Kier molecular flexibility index (Phi) is 6.29. The number of hydrogen-bond acceptors (Lipinski definition) is 6. The van der Waals surface area contributed by atoms with E-state index in [0.29, 0.717) is 22.6 Å². The van der Waals surface area contributed by atoms with E-state index in [1.54, 1.807) is 42.5 Å². The summed E-state index contributed by atoms with van der Waals surface area (Å²) in [6.45, 7) is 1.89. The Morgan fingerprint density at radius 3 is 2.17 bits per heavy atom. The minimum atomic E-state index is -1.18. The third-order valence-corrected chi connectivity index (χ3v) is 5.86. The number of ketones is 1. The van der Waals surface area contributed by atoms with E-state index < -0.39 is 23.7 Å². The van der Waals surface area contributed by atoms with Crippen molar-refractivity contribution < 1.29 is 34.1 Å². The number of rotatable bonds is 6. The van der Waals surface area contributed by atoms with Crippen molar-refractivity contribution in [3.63, 3.8) is 0 Å². The van der Waals surface area contributed by atoms with Gasteiger partial charge in [-0.2, -0.15) is 0 Å². The average molecular weight is 473 g/mol. The fourth-order valence-electron chi connectivity index (χ4n) is 4.09. The summed E-state index contributed by atoms with van der Waals surface area (Å²) in [6, 6.07) is 16.5. The summed E-state index contributed by atoms with van der Waals surface area (Å²) in [5.41, 5.74) is 1.84. The number of hydrogen-bond donors (Lipinski definition) is 2. The number of carbonyl (C=O) groups is 3. The molecule has 8 heteroatoms. The van der Waals surface area contributed by atoms with Gasteiger partial charge in [-0.15, -0.1) is 0 Å². The van der Waals surface area contributed by atoms with Crippen molar-refractivity contribution >= 4 is 29.1 Å². The second-order valence-electron chi connectivity index (χ2n) is 8.01. The number of anilines is 1. The van der Waals surface area contributed by atoms with Gasteiger partial charge in [0.25, 0.3) is 11.7 Å². The summed E-state index contributed by atoms with van der Waals surface area (Å²) in [4.78, 5) is 39.3. The van der Waals surface area contributed by atoms with Crippen LogP contribution in [0, 0.1) is 6.92 Å². The predicted molar refractivity (Wildman–Crippen MR) is 129 cm³/mol. The highest BCUT2D eigenvalue weighted by Crippen LogP contribution is 2.44. The zero-order valence-electron chi connectivity index (χ0n) is 19.3. The molecule has 4 rings (SSSR count). The first-order valence-electron chi connectivity index (χ1n) is 10.7. The van der Waals surface area contributed by atoms with Crippen molar-refractivity contribution in [3.05, 3.63) is 94.6 Å². The van der Waals surface area contributed by atoms with E-state index in [1.807, 2.05) is 6.92 Å². The lowest BCUT2D eigenvalue weighted by Gasteiger charge is -2.26. The fourth-order valence-corrected chi connectivity index (χ4v) is 4.09. The number of nitrogens with zero attached hydrogens (tertiary/aromatic N) is 1. The van der Waals surface area contributed by atoms with Crippen LogP contribution in [-0.4, -0.2) is 42.1 Å². The van der Waals surface area contributed by atoms with Gasteiger partial charge < -0.3 is 19.7 Å². The molecule has 0 spiro atoms. The topological polar surface area (TPSA) is 113 Å². The monoisotopic (exact) mass is 473 g/mol. The molecule has 0 saturated carbocycles. The molecule has 1 heterocycles. The molecule has 0 radical (unpaired) electrons. The maximum Gasteiger partial charge on any atom is 0.335 e. The van der Waals surface area contributed by atoms with Gasteiger partial charge in [0, 0.05) is 11.3 Å². The van der Waals surface area contributed by atoms with Crippen LogP contribution in [0.4, 0.5) is 5.69 Å². The summed E-state index contributed by atoms with van der Waals surface area (Å²) in [6.07, 6.45) is 0. The number of carboxylic acid groups (broad SMARTS) is 1. The van der Waals surface area contributed by atoms with Crippen LogP contribution in [0.2, 0.25) is 0 Å². The number of aryl methyl sites for hydroxylation is 1. The van der Waals surface area contributed by atoms with Crippen molar-refractivity contribution in [2.75, 3.05) is 19.1 Å². The van der Waals surface area contributed by atoms with Crippen molar-refractivity contribution in [2.24, 2.45) is 0 Å². The van der Waals surface area contributed by atoms with Gasteiger partial charge in [0.05, 0.1) is 31.4 Å². The second kappa shape index (κ2) is 9.34. The first kappa shape index (κ1) is 23.6. The van der Waals surface area contributed by atoms with E-state index in [4.69, 9.17) is 9.47 Å². The maximum absolute atomic E-state index is 13.3. The summed E-state index contributed by atoms with van der Waals surface area (Å²) in [5, 5.41) is 20.6. The molecule has 2 N–H and O–H groups in total. The molecule has 0 aromatic heterocycles. The molecular weight excluding hydrogens is 450 g/mol. The van der Waals surface area contributed by atoms with Gasteiger partial charge in [-0.3, -0.25) is 14.5 Å². The molecular formula is C27H23NO7. The number of benzene rings is 3. The van der Waals surface area contributed by atoms with Crippen LogP contribution in [0.3, 0.4) is 0 Å². The molecule has 178 valence electrons. The Labute approximate surface area is 201 Å². The van der Waals surface area contributed by atoms with E-state index in [0.717, 1.165) is 5.56 Å². The Bertz CT molecular complexity index is 1360. The first-order chi connectivity index (χ1) is 16.8. The van der Waals surface area contributed by atoms with Crippen molar-refractivity contribution in [3.8, 4) is 11.5 Å². The van der Waals surface area contributed by atoms with E-state index >= 15 is 0 Å². The van der Waals surface area contributed by atoms with E-state index in [2.05, 4.69) is 0 Å². The molecule has 3 aromatic carbocycles. The van der Waals surface area contributed by atoms with Gasteiger partial charge in [0.15, 0.2) is 11.5 Å². The number of carboxylic acids is 1. The first-order valence-corrected chi connectivity index (χ1v) is 10.7. The molecule has 1 atom stereocenters. The van der Waals surface area contributed by atoms with Crippen LogP contribution in [0.5, 0.6) is 11.5 Å². The molecule has 0 aliphatic carbocycles. The number of Topliss-reactive ketones (excluding diaryl/α,β-unsaturated/α-hetero) is 1. The van der Waals surface area contributed by atoms with Crippen molar-refractivity contribution in [2.45, 2.75) is 13.0 Å². The summed E-state index contributed by atoms with van der Waals surface area (Å²) in [5.74, 6) is -2.47. The highest BCUT2D eigenvalue weighted by molar-refractivity contribution is 6.51. The molecule has 1 amide bonds. The third kappa shape index (κ3) is 4.21. The van der Waals surface area contributed by atoms with Crippen LogP contribution < -0.4 is 14.4 Å². The number of aliphatic hydroxyl groups excluding tert-OH is 1. The Hall–Kier alpha value is -4.59. The largest absolute Gasteiger partial charge is 0.507 e. The molecule has 3 aromatic rings. The highest BCUT2D eigenvalue weighted by atomic mass is 16.5. The van der Waals surface area contributed by atoms with Crippen LogP contribution in [0.25, 0.3) is 5.76 Å². The number of amides is 1. The number of ether oxygens (including phenoxy) is 2. The zero-order chi connectivity index (χ0) is 25.3. The minimum absolute atomic E-state index is 0.0472.